The lowest BCUT2D eigenvalue weighted by Gasteiger charge is -2.17. The number of carbonyl (C=O) groups is 2. The smallest absolute Gasteiger partial charge is 0.234 e. The number of nitrogens with zero attached hydrogens (tertiary/aromatic N) is 2. The molecule has 0 spiro atoms. The minimum atomic E-state index is -0.0800. The molecule has 1 saturated heterocycles. The van der Waals surface area contributed by atoms with Gasteiger partial charge in [0.1, 0.15) is 4.32 Å². The number of nitrogens with one attached hydrogen (secondary N) is 1. The fourth-order valence-corrected chi connectivity index (χ4v) is 6.38. The quantitative estimate of drug-likeness (QED) is 0.233. The van der Waals surface area contributed by atoms with Crippen LogP contribution in [0.25, 0.3) is 10.2 Å². The highest BCUT2D eigenvalue weighted by Gasteiger charge is 2.16. The highest BCUT2D eigenvalue weighted by atomic mass is 35.5. The third-order valence-corrected chi connectivity index (χ3v) is 8.77. The van der Waals surface area contributed by atoms with Crippen molar-refractivity contribution >= 4 is 90.6 Å². The molecular formula is C22H20ClN3O2S4. The van der Waals surface area contributed by atoms with Gasteiger partial charge in [-0.25, -0.2) is 4.98 Å². The monoisotopic (exact) mass is 521 g/mol. The molecular weight excluding hydrogens is 502 g/mol. The molecule has 4 rings (SSSR count). The number of anilines is 1. The molecule has 1 fully saturated rings. The van der Waals surface area contributed by atoms with E-state index in [-0.39, 0.29) is 11.7 Å². The third-order valence-electron chi connectivity index (χ3n) is 4.84. The number of rotatable bonds is 7. The molecule has 2 heterocycles. The molecule has 5 nitrogen and oxygen atoms in total. The van der Waals surface area contributed by atoms with Crippen LogP contribution in [-0.2, 0) is 4.79 Å². The van der Waals surface area contributed by atoms with Crippen LogP contribution < -0.4 is 5.32 Å². The Balaban J connectivity index is 1.31. The third kappa shape index (κ3) is 6.23. The minimum Gasteiger partial charge on any atom is -0.358 e. The van der Waals surface area contributed by atoms with Gasteiger partial charge in [-0.05, 0) is 55.3 Å². The number of hydrogen-bond donors (Lipinski definition) is 1. The van der Waals surface area contributed by atoms with Gasteiger partial charge >= 0.3 is 0 Å². The van der Waals surface area contributed by atoms with Crippen LogP contribution in [0.1, 0.15) is 23.2 Å². The summed E-state index contributed by atoms with van der Waals surface area (Å²) < 4.78 is 2.58. The Morgan fingerprint density at radius 2 is 1.88 bits per heavy atom. The van der Waals surface area contributed by atoms with Crippen LogP contribution in [0.3, 0.4) is 0 Å². The number of aromatic nitrogens is 1. The van der Waals surface area contributed by atoms with E-state index in [1.54, 1.807) is 24.3 Å². The summed E-state index contributed by atoms with van der Waals surface area (Å²) in [6.45, 7) is 1.97. The van der Waals surface area contributed by atoms with Gasteiger partial charge in [0.05, 0.1) is 21.7 Å². The average molecular weight is 522 g/mol. The number of thioether (sulfide) groups is 2. The van der Waals surface area contributed by atoms with Gasteiger partial charge in [-0.1, -0.05) is 47.3 Å². The Labute approximate surface area is 209 Å². The van der Waals surface area contributed by atoms with Crippen molar-refractivity contribution in [2.75, 3.05) is 29.9 Å². The summed E-state index contributed by atoms with van der Waals surface area (Å²) in [6.07, 6.45) is 2.33. The zero-order chi connectivity index (χ0) is 22.5. The maximum absolute atomic E-state index is 12.4. The number of amides is 1. The number of likely N-dealkylation sites (tertiary alicyclic amines) is 1. The molecule has 166 valence electrons. The van der Waals surface area contributed by atoms with Crippen molar-refractivity contribution in [3.8, 4) is 0 Å². The van der Waals surface area contributed by atoms with Gasteiger partial charge in [0.2, 0.25) is 5.91 Å². The van der Waals surface area contributed by atoms with Crippen LogP contribution in [0.4, 0.5) is 5.69 Å². The molecule has 3 aromatic rings. The highest BCUT2D eigenvalue weighted by molar-refractivity contribution is 8.23. The molecule has 1 amide bonds. The molecule has 2 aromatic carbocycles. The molecule has 0 atom stereocenters. The van der Waals surface area contributed by atoms with Gasteiger partial charge in [0.15, 0.2) is 10.1 Å². The van der Waals surface area contributed by atoms with E-state index in [2.05, 4.69) is 15.2 Å². The number of hydrogen-bond acceptors (Lipinski definition) is 7. The molecule has 1 aromatic heterocycles. The fourth-order valence-electron chi connectivity index (χ4n) is 3.20. The van der Waals surface area contributed by atoms with Crippen molar-refractivity contribution in [1.29, 1.82) is 0 Å². The molecule has 1 aliphatic rings. The average Bonchev–Trinajstić information content (AvgIpc) is 3.46. The zero-order valence-electron chi connectivity index (χ0n) is 17.0. The van der Waals surface area contributed by atoms with Crippen LogP contribution in [0.2, 0.25) is 5.02 Å². The van der Waals surface area contributed by atoms with E-state index in [0.29, 0.717) is 22.1 Å². The Kier molecular flexibility index (Phi) is 8.07. The Bertz CT molecular complexity index is 1140. The number of Topliss-reactive ketones (excluding diaryl/α,β-unsaturated/α-hetero) is 1. The number of halogens is 1. The summed E-state index contributed by atoms with van der Waals surface area (Å²) in [5.41, 5.74) is 2.21. The second-order valence-electron chi connectivity index (χ2n) is 7.18. The topological polar surface area (TPSA) is 62.3 Å². The molecule has 0 bridgehead atoms. The van der Waals surface area contributed by atoms with E-state index in [9.17, 15) is 9.59 Å². The first-order valence-electron chi connectivity index (χ1n) is 10.0. The maximum Gasteiger partial charge on any atom is 0.234 e. The first kappa shape index (κ1) is 23.5. The normalized spacial score (nSPS) is 13.5. The lowest BCUT2D eigenvalue weighted by Crippen LogP contribution is -2.25. The SMILES string of the molecule is O=C(CSC(=S)N1CCCC1)Nc1ccc2nc(SCC(=O)c3ccc(Cl)cc3)sc2c1. The zero-order valence-corrected chi connectivity index (χ0v) is 21.0. The Morgan fingerprint density at radius 1 is 1.12 bits per heavy atom. The number of benzene rings is 2. The molecule has 32 heavy (non-hydrogen) atoms. The van der Waals surface area contributed by atoms with Gasteiger partial charge in [-0.2, -0.15) is 0 Å². The second kappa shape index (κ2) is 11.0. The van der Waals surface area contributed by atoms with E-state index in [4.69, 9.17) is 23.8 Å². The summed E-state index contributed by atoms with van der Waals surface area (Å²) >= 11 is 15.6. The number of ketones is 1. The molecule has 1 N–H and O–H groups in total. The Hall–Kier alpha value is -1.65. The van der Waals surface area contributed by atoms with Crippen molar-refractivity contribution < 1.29 is 9.59 Å². The summed E-state index contributed by atoms with van der Waals surface area (Å²) in [5.74, 6) is 0.551. The standard InChI is InChI=1S/C22H20ClN3O2S4/c23-15-5-3-14(4-6-15)18(27)12-30-21-25-17-8-7-16(11-19(17)32-21)24-20(28)13-31-22(29)26-9-1-2-10-26/h3-8,11H,1-2,9-10,12-13H2,(H,24,28). The largest absolute Gasteiger partial charge is 0.358 e. The number of carbonyl (C=O) groups excluding carboxylic acids is 2. The van der Waals surface area contributed by atoms with Crippen LogP contribution in [0, 0.1) is 0 Å². The van der Waals surface area contributed by atoms with Crippen LogP contribution in [-0.4, -0.2) is 50.5 Å². The molecule has 10 heteroatoms. The number of thiocarbonyl (C=S) groups is 1. The number of thiazole rings is 1. The van der Waals surface area contributed by atoms with E-state index in [1.165, 1.54) is 34.9 Å². The van der Waals surface area contributed by atoms with Crippen molar-refractivity contribution in [2.24, 2.45) is 0 Å². The molecule has 0 unspecified atom stereocenters. The van der Waals surface area contributed by atoms with Crippen LogP contribution in [0.5, 0.6) is 0 Å². The predicted octanol–water partition coefficient (Wildman–Crippen LogP) is 5.98. The van der Waals surface area contributed by atoms with Crippen LogP contribution in [0.15, 0.2) is 46.8 Å². The first-order valence-corrected chi connectivity index (χ1v) is 13.6. The number of fused-ring (bicyclic) bond motifs is 1. The summed E-state index contributed by atoms with van der Waals surface area (Å²) in [4.78, 5) is 31.4. The van der Waals surface area contributed by atoms with Gasteiger partial charge < -0.3 is 10.2 Å². The van der Waals surface area contributed by atoms with E-state index >= 15 is 0 Å². The van der Waals surface area contributed by atoms with E-state index < -0.39 is 0 Å². The lowest BCUT2D eigenvalue weighted by atomic mass is 10.1. The Morgan fingerprint density at radius 3 is 2.62 bits per heavy atom. The summed E-state index contributed by atoms with van der Waals surface area (Å²) in [6, 6.07) is 12.5. The minimum absolute atomic E-state index is 0.0308. The molecule has 1 aliphatic heterocycles. The van der Waals surface area contributed by atoms with Crippen molar-refractivity contribution in [3.05, 3.63) is 53.1 Å². The van der Waals surface area contributed by atoms with Gasteiger partial charge in [-0.15, -0.1) is 11.3 Å². The van der Waals surface area contributed by atoms with Crippen LogP contribution >= 0.6 is 58.7 Å². The first-order chi connectivity index (χ1) is 15.5. The fraction of sp³-hybridized carbons (Fsp3) is 0.273. The predicted molar refractivity (Wildman–Crippen MR) is 141 cm³/mol. The van der Waals surface area contributed by atoms with E-state index in [1.807, 2.05) is 18.2 Å². The van der Waals surface area contributed by atoms with Crippen molar-refractivity contribution in [2.45, 2.75) is 17.2 Å². The van der Waals surface area contributed by atoms with E-state index in [0.717, 1.165) is 50.5 Å². The molecule has 0 radical (unpaired) electrons. The van der Waals surface area contributed by atoms with Crippen molar-refractivity contribution in [1.82, 2.24) is 9.88 Å². The molecule has 0 aliphatic carbocycles. The lowest BCUT2D eigenvalue weighted by molar-refractivity contribution is -0.113. The summed E-state index contributed by atoms with van der Waals surface area (Å²) in [5, 5.41) is 3.54. The van der Waals surface area contributed by atoms with Crippen molar-refractivity contribution in [3.63, 3.8) is 0 Å². The second-order valence-corrected chi connectivity index (χ2v) is 11.5. The van der Waals surface area contributed by atoms with Gasteiger partial charge in [0, 0.05) is 29.4 Å². The molecule has 0 saturated carbocycles. The highest BCUT2D eigenvalue weighted by Crippen LogP contribution is 2.32. The maximum atomic E-state index is 12.4. The van der Waals surface area contributed by atoms with Gasteiger partial charge in [-0.3, -0.25) is 9.59 Å². The summed E-state index contributed by atoms with van der Waals surface area (Å²) in [7, 11) is 0. The van der Waals surface area contributed by atoms with Gasteiger partial charge in [0.25, 0.3) is 0 Å².